The second-order valence-corrected chi connectivity index (χ2v) is 7.56. The summed E-state index contributed by atoms with van der Waals surface area (Å²) in [5.41, 5.74) is 2.12. The van der Waals surface area contributed by atoms with Crippen LogP contribution in [0.5, 0.6) is 17.2 Å². The Morgan fingerprint density at radius 3 is 2.57 bits per heavy atom. The van der Waals surface area contributed by atoms with Crippen molar-refractivity contribution in [3.05, 3.63) is 77.4 Å². The minimum atomic E-state index is -0.957. The van der Waals surface area contributed by atoms with Gasteiger partial charge in [0.05, 0.1) is 18.4 Å². The van der Waals surface area contributed by atoms with E-state index >= 15 is 0 Å². The van der Waals surface area contributed by atoms with Crippen molar-refractivity contribution < 1.29 is 23.4 Å². The van der Waals surface area contributed by atoms with Crippen LogP contribution in [-0.2, 0) is 16.8 Å². The number of para-hydroxylation sites is 1. The average Bonchev–Trinajstić information content (AvgIpc) is 3.26. The number of ether oxygens (including phenoxy) is 3. The van der Waals surface area contributed by atoms with Crippen LogP contribution in [-0.4, -0.2) is 30.7 Å². The molecule has 1 amide bonds. The molecule has 3 aromatic rings. The highest BCUT2D eigenvalue weighted by Gasteiger charge is 2.57. The second kappa shape index (κ2) is 6.19. The van der Waals surface area contributed by atoms with Crippen LogP contribution >= 0.6 is 0 Å². The number of hydrogen-bond acceptors (Lipinski definition) is 5. The molecule has 3 aliphatic rings. The third-order valence-electron chi connectivity index (χ3n) is 5.92. The number of amides is 1. The molecule has 6 nitrogen and oxygen atoms in total. The normalized spacial score (nSPS) is 20.8. The molecule has 1 atom stereocenters. The number of halogens is 1. The molecule has 0 fully saturated rings. The Morgan fingerprint density at radius 2 is 1.77 bits per heavy atom. The number of carbonyl (C=O) groups is 1. The zero-order valence-corrected chi connectivity index (χ0v) is 15.9. The van der Waals surface area contributed by atoms with E-state index in [1.807, 2.05) is 30.3 Å². The molecule has 1 aromatic heterocycles. The van der Waals surface area contributed by atoms with E-state index < -0.39 is 11.2 Å². The lowest BCUT2D eigenvalue weighted by atomic mass is 9.77. The summed E-state index contributed by atoms with van der Waals surface area (Å²) >= 11 is 0. The summed E-state index contributed by atoms with van der Waals surface area (Å²) in [6, 6.07) is 14.3. The van der Waals surface area contributed by atoms with E-state index in [4.69, 9.17) is 14.2 Å². The number of benzene rings is 2. The van der Waals surface area contributed by atoms with Gasteiger partial charge in [0.2, 0.25) is 5.91 Å². The number of pyridine rings is 1. The van der Waals surface area contributed by atoms with Crippen molar-refractivity contribution in [2.24, 2.45) is 0 Å². The molecule has 0 saturated carbocycles. The zero-order chi connectivity index (χ0) is 20.3. The Hall–Kier alpha value is -3.61. The summed E-state index contributed by atoms with van der Waals surface area (Å²) in [5.74, 6) is 1.37. The van der Waals surface area contributed by atoms with Gasteiger partial charge < -0.3 is 19.1 Å². The maximum atomic E-state index is 13.9. The fourth-order valence-corrected chi connectivity index (χ4v) is 4.53. The number of nitrogens with zero attached hydrogens (tertiary/aromatic N) is 2. The van der Waals surface area contributed by atoms with Crippen LogP contribution in [0.1, 0.15) is 16.8 Å². The van der Waals surface area contributed by atoms with E-state index in [0.717, 1.165) is 23.0 Å². The van der Waals surface area contributed by atoms with E-state index in [1.165, 1.54) is 6.07 Å². The topological polar surface area (TPSA) is 60.9 Å². The van der Waals surface area contributed by atoms with Crippen LogP contribution in [0.25, 0.3) is 0 Å². The largest absolute Gasteiger partial charge is 0.491 e. The average molecular weight is 404 g/mol. The third-order valence-corrected chi connectivity index (χ3v) is 5.92. The molecule has 30 heavy (non-hydrogen) atoms. The number of hydrogen-bond donors (Lipinski definition) is 0. The van der Waals surface area contributed by atoms with Gasteiger partial charge in [-0.3, -0.25) is 9.78 Å². The molecular weight excluding hydrogens is 387 g/mol. The smallest absolute Gasteiger partial charge is 0.246 e. The second-order valence-electron chi connectivity index (χ2n) is 7.56. The van der Waals surface area contributed by atoms with Crippen molar-refractivity contribution >= 4 is 11.6 Å². The van der Waals surface area contributed by atoms with Crippen molar-refractivity contribution in [3.8, 4) is 17.2 Å². The fourth-order valence-electron chi connectivity index (χ4n) is 4.53. The lowest BCUT2D eigenvalue weighted by Crippen LogP contribution is -2.42. The first-order chi connectivity index (χ1) is 14.7. The Kier molecular flexibility index (Phi) is 3.56. The summed E-state index contributed by atoms with van der Waals surface area (Å²) in [7, 11) is 0. The van der Waals surface area contributed by atoms with E-state index in [9.17, 15) is 9.18 Å². The lowest BCUT2D eigenvalue weighted by Gasteiger charge is -2.24. The molecule has 6 rings (SSSR count). The summed E-state index contributed by atoms with van der Waals surface area (Å²) in [6.07, 6.45) is 1.16. The van der Waals surface area contributed by atoms with Gasteiger partial charge in [-0.05, 0) is 29.8 Å². The maximum Gasteiger partial charge on any atom is 0.246 e. The first-order valence-corrected chi connectivity index (χ1v) is 9.76. The quantitative estimate of drug-likeness (QED) is 0.657. The summed E-state index contributed by atoms with van der Waals surface area (Å²) in [5, 5.41) is 0. The molecule has 0 aliphatic carbocycles. The molecule has 1 unspecified atom stereocenters. The highest BCUT2D eigenvalue weighted by molar-refractivity contribution is 6.11. The number of anilines is 1. The Balaban J connectivity index is 1.48. The maximum absolute atomic E-state index is 13.9. The van der Waals surface area contributed by atoms with Gasteiger partial charge in [0.15, 0.2) is 11.5 Å². The molecule has 1 spiro atoms. The molecule has 3 aliphatic heterocycles. The Morgan fingerprint density at radius 1 is 0.967 bits per heavy atom. The van der Waals surface area contributed by atoms with Gasteiger partial charge in [-0.15, -0.1) is 0 Å². The molecule has 2 aromatic carbocycles. The number of carbonyl (C=O) groups excluding carboxylic acids is 1. The van der Waals surface area contributed by atoms with Crippen LogP contribution in [0.2, 0.25) is 0 Å². The summed E-state index contributed by atoms with van der Waals surface area (Å²) < 4.78 is 30.7. The van der Waals surface area contributed by atoms with E-state index in [2.05, 4.69) is 4.98 Å². The first-order valence-electron chi connectivity index (χ1n) is 9.76. The highest BCUT2D eigenvalue weighted by Crippen LogP contribution is 2.54. The Labute approximate surface area is 171 Å². The molecule has 4 heterocycles. The van der Waals surface area contributed by atoms with Gasteiger partial charge in [-0.1, -0.05) is 18.2 Å². The van der Waals surface area contributed by atoms with Crippen LogP contribution in [0.4, 0.5) is 10.1 Å². The monoisotopic (exact) mass is 404 g/mol. The zero-order valence-electron chi connectivity index (χ0n) is 15.9. The third kappa shape index (κ3) is 2.29. The van der Waals surface area contributed by atoms with Crippen LogP contribution in [0.3, 0.4) is 0 Å². The lowest BCUT2D eigenvalue weighted by molar-refractivity contribution is -0.122. The summed E-state index contributed by atoms with van der Waals surface area (Å²) in [4.78, 5) is 19.7. The van der Waals surface area contributed by atoms with Gasteiger partial charge in [0.1, 0.15) is 36.8 Å². The number of aromatic nitrogens is 1. The van der Waals surface area contributed by atoms with Crippen molar-refractivity contribution in [3.63, 3.8) is 0 Å². The van der Waals surface area contributed by atoms with Crippen LogP contribution in [0, 0.1) is 5.82 Å². The van der Waals surface area contributed by atoms with Crippen molar-refractivity contribution in [1.29, 1.82) is 0 Å². The van der Waals surface area contributed by atoms with Gasteiger partial charge in [-0.2, -0.15) is 0 Å². The van der Waals surface area contributed by atoms with Crippen LogP contribution in [0.15, 0.2) is 54.7 Å². The minimum absolute atomic E-state index is 0.0924. The van der Waals surface area contributed by atoms with E-state index in [-0.39, 0.29) is 19.1 Å². The van der Waals surface area contributed by atoms with Crippen molar-refractivity contribution in [1.82, 2.24) is 4.98 Å². The standard InChI is InChI=1S/C23H17FN2O4/c24-14-5-6-15(25-11-14)12-26-18-4-2-1-3-16(18)23(22(26)27)13-30-19-10-21-20(9-17(19)23)28-7-8-29-21/h1-6,9-11H,7-8,12-13H2. The molecule has 7 heteroatoms. The van der Waals surface area contributed by atoms with Gasteiger partial charge in [0, 0.05) is 17.3 Å². The highest BCUT2D eigenvalue weighted by atomic mass is 19.1. The molecule has 0 saturated heterocycles. The van der Waals surface area contributed by atoms with Crippen LogP contribution < -0.4 is 19.1 Å². The van der Waals surface area contributed by atoms with Gasteiger partial charge in [-0.25, -0.2) is 4.39 Å². The molecule has 0 bridgehead atoms. The molecule has 150 valence electrons. The van der Waals surface area contributed by atoms with Crippen molar-refractivity contribution in [2.45, 2.75) is 12.0 Å². The van der Waals surface area contributed by atoms with Gasteiger partial charge >= 0.3 is 0 Å². The van der Waals surface area contributed by atoms with E-state index in [0.29, 0.717) is 36.2 Å². The summed E-state index contributed by atoms with van der Waals surface area (Å²) in [6.45, 7) is 1.40. The number of rotatable bonds is 2. The minimum Gasteiger partial charge on any atom is -0.491 e. The van der Waals surface area contributed by atoms with Crippen molar-refractivity contribution in [2.75, 3.05) is 24.7 Å². The molecular formula is C23H17FN2O4. The molecule has 0 radical (unpaired) electrons. The predicted octanol–water partition coefficient (Wildman–Crippen LogP) is 3.22. The van der Waals surface area contributed by atoms with Gasteiger partial charge in [0.25, 0.3) is 0 Å². The molecule has 0 N–H and O–H groups in total. The number of fused-ring (bicyclic) bond motifs is 5. The predicted molar refractivity (Wildman–Crippen MR) is 106 cm³/mol. The van der Waals surface area contributed by atoms with E-state index in [1.54, 1.807) is 17.0 Å². The fraction of sp³-hybridized carbons (Fsp3) is 0.217. The SMILES string of the molecule is O=C1N(Cc2ccc(F)cn2)c2ccccc2C12COc1cc3c(cc12)OCCO3. The Bertz CT molecular complexity index is 1180. The first kappa shape index (κ1) is 17.3.